The van der Waals surface area contributed by atoms with Gasteiger partial charge >= 0.3 is 0 Å². The molecule has 90 valence electrons. The zero-order chi connectivity index (χ0) is 12.3. The average molecular weight is 233 g/mol. The van der Waals surface area contributed by atoms with Crippen molar-refractivity contribution >= 4 is 11.7 Å². The van der Waals surface area contributed by atoms with Gasteiger partial charge in [0.25, 0.3) is 5.91 Å². The summed E-state index contributed by atoms with van der Waals surface area (Å²) in [5.41, 5.74) is 0.483. The highest BCUT2D eigenvalue weighted by Crippen LogP contribution is 2.17. The molecule has 1 aromatic heterocycles. The van der Waals surface area contributed by atoms with E-state index in [9.17, 15) is 9.59 Å². The Labute approximate surface area is 99.9 Å². The van der Waals surface area contributed by atoms with E-state index >= 15 is 0 Å². The van der Waals surface area contributed by atoms with E-state index in [-0.39, 0.29) is 17.6 Å². The van der Waals surface area contributed by atoms with Crippen molar-refractivity contribution in [3.05, 3.63) is 24.3 Å². The molecule has 1 fully saturated rings. The van der Waals surface area contributed by atoms with Gasteiger partial charge in [-0.3, -0.25) is 9.59 Å². The Morgan fingerprint density at radius 1 is 1.47 bits per heavy atom. The summed E-state index contributed by atoms with van der Waals surface area (Å²) in [6, 6.07) is 0. The maximum absolute atomic E-state index is 12.1. The number of hydrogen-bond acceptors (Lipinski definition) is 4. The lowest BCUT2D eigenvalue weighted by Crippen LogP contribution is -2.44. The van der Waals surface area contributed by atoms with Crippen molar-refractivity contribution in [2.24, 2.45) is 5.92 Å². The third-order valence-electron chi connectivity index (χ3n) is 3.11. The van der Waals surface area contributed by atoms with Crippen LogP contribution in [0.1, 0.15) is 30.1 Å². The van der Waals surface area contributed by atoms with E-state index in [1.165, 1.54) is 18.7 Å². The molecule has 17 heavy (non-hydrogen) atoms. The van der Waals surface area contributed by atoms with Gasteiger partial charge in [-0.25, -0.2) is 9.97 Å². The predicted octanol–water partition coefficient (Wildman–Crippen LogP) is 0.918. The Bertz CT molecular complexity index is 419. The highest BCUT2D eigenvalue weighted by molar-refractivity contribution is 5.95. The number of hydrogen-bond donors (Lipinski definition) is 0. The lowest BCUT2D eigenvalue weighted by molar-refractivity contribution is -0.125. The smallest absolute Gasteiger partial charge is 0.257 e. The monoisotopic (exact) mass is 233 g/mol. The van der Waals surface area contributed by atoms with Crippen molar-refractivity contribution in [2.45, 2.75) is 19.8 Å². The summed E-state index contributed by atoms with van der Waals surface area (Å²) >= 11 is 0. The van der Waals surface area contributed by atoms with Gasteiger partial charge in [-0.05, 0) is 6.42 Å². The van der Waals surface area contributed by atoms with Crippen LogP contribution in [0.4, 0.5) is 0 Å². The molecule has 1 aliphatic rings. The fourth-order valence-corrected chi connectivity index (χ4v) is 2.04. The maximum atomic E-state index is 12.1. The van der Waals surface area contributed by atoms with Crippen LogP contribution in [0.5, 0.6) is 0 Å². The normalized spacial score (nSPS) is 20.4. The molecule has 1 unspecified atom stereocenters. The first-order chi connectivity index (χ1) is 8.22. The largest absolute Gasteiger partial charge is 0.337 e. The number of carbonyl (C=O) groups is 2. The number of likely N-dealkylation sites (tertiary alicyclic amines) is 1. The average Bonchev–Trinajstić information content (AvgIpc) is 2.39. The summed E-state index contributed by atoms with van der Waals surface area (Å²) in [6.45, 7) is 2.99. The second-order valence-corrected chi connectivity index (χ2v) is 4.20. The van der Waals surface area contributed by atoms with Crippen LogP contribution < -0.4 is 0 Å². The third-order valence-corrected chi connectivity index (χ3v) is 3.11. The molecule has 0 radical (unpaired) electrons. The van der Waals surface area contributed by atoms with E-state index in [1.54, 1.807) is 4.90 Å². The summed E-state index contributed by atoms with van der Waals surface area (Å²) in [7, 11) is 0. The summed E-state index contributed by atoms with van der Waals surface area (Å²) < 4.78 is 0. The molecule has 2 rings (SSSR count). The number of Topliss-reactive ketones (excluding diaryl/α,β-unsaturated/α-hetero) is 1. The second kappa shape index (κ2) is 5.03. The van der Waals surface area contributed by atoms with Crippen molar-refractivity contribution in [3.8, 4) is 0 Å². The SMILES string of the molecule is CCC1CN(C(=O)c2cncnc2)CCC1=O. The van der Waals surface area contributed by atoms with Crippen LogP contribution in [0.2, 0.25) is 0 Å². The molecule has 0 bridgehead atoms. The number of carbonyl (C=O) groups excluding carboxylic acids is 2. The van der Waals surface area contributed by atoms with Crippen LogP contribution in [0.25, 0.3) is 0 Å². The Hall–Kier alpha value is -1.78. The van der Waals surface area contributed by atoms with Crippen LogP contribution in [0.15, 0.2) is 18.7 Å². The zero-order valence-electron chi connectivity index (χ0n) is 9.80. The van der Waals surface area contributed by atoms with Gasteiger partial charge in [-0.2, -0.15) is 0 Å². The van der Waals surface area contributed by atoms with Gasteiger partial charge in [0.05, 0.1) is 5.56 Å². The van der Waals surface area contributed by atoms with Crippen LogP contribution in [0.3, 0.4) is 0 Å². The highest BCUT2D eigenvalue weighted by atomic mass is 16.2. The topological polar surface area (TPSA) is 63.2 Å². The molecule has 1 atom stereocenters. The lowest BCUT2D eigenvalue weighted by atomic mass is 9.94. The van der Waals surface area contributed by atoms with E-state index < -0.39 is 0 Å². The lowest BCUT2D eigenvalue weighted by Gasteiger charge is -2.31. The minimum atomic E-state index is -0.0865. The van der Waals surface area contributed by atoms with Gasteiger partial charge in [0.2, 0.25) is 0 Å². The Balaban J connectivity index is 2.09. The van der Waals surface area contributed by atoms with E-state index in [4.69, 9.17) is 0 Å². The third kappa shape index (κ3) is 2.49. The summed E-state index contributed by atoms with van der Waals surface area (Å²) in [4.78, 5) is 33.0. The predicted molar refractivity (Wildman–Crippen MR) is 61.3 cm³/mol. The van der Waals surface area contributed by atoms with Gasteiger partial charge in [-0.1, -0.05) is 6.92 Å². The van der Waals surface area contributed by atoms with Crippen LogP contribution in [-0.4, -0.2) is 39.6 Å². The van der Waals surface area contributed by atoms with Gasteiger partial charge in [0.15, 0.2) is 0 Å². The molecule has 1 aromatic rings. The molecule has 1 saturated heterocycles. The van der Waals surface area contributed by atoms with Gasteiger partial charge in [0.1, 0.15) is 12.1 Å². The van der Waals surface area contributed by atoms with Gasteiger partial charge in [0, 0.05) is 37.8 Å². The molecule has 2 heterocycles. The molecule has 5 nitrogen and oxygen atoms in total. The molecule has 1 aliphatic heterocycles. The second-order valence-electron chi connectivity index (χ2n) is 4.20. The first-order valence-corrected chi connectivity index (χ1v) is 5.79. The Morgan fingerprint density at radius 3 is 2.82 bits per heavy atom. The molecule has 5 heteroatoms. The van der Waals surface area contributed by atoms with Crippen molar-refractivity contribution in [2.75, 3.05) is 13.1 Å². The number of ketones is 1. The molecule has 1 amide bonds. The molecular formula is C12H15N3O2. The van der Waals surface area contributed by atoms with Crippen LogP contribution >= 0.6 is 0 Å². The molecule has 0 spiro atoms. The van der Waals surface area contributed by atoms with Crippen molar-refractivity contribution in [1.82, 2.24) is 14.9 Å². The summed E-state index contributed by atoms with van der Waals surface area (Å²) in [6.07, 6.45) is 5.65. The Kier molecular flexibility index (Phi) is 3.46. The molecule has 0 aliphatic carbocycles. The zero-order valence-corrected chi connectivity index (χ0v) is 9.80. The maximum Gasteiger partial charge on any atom is 0.257 e. The van der Waals surface area contributed by atoms with Crippen LogP contribution in [0, 0.1) is 5.92 Å². The number of piperidine rings is 1. The Morgan fingerprint density at radius 2 is 2.18 bits per heavy atom. The first-order valence-electron chi connectivity index (χ1n) is 5.79. The first kappa shape index (κ1) is 11.7. The fourth-order valence-electron chi connectivity index (χ4n) is 2.04. The van der Waals surface area contributed by atoms with E-state index in [1.807, 2.05) is 6.92 Å². The summed E-state index contributed by atoms with van der Waals surface area (Å²) in [5.74, 6) is 0.162. The van der Waals surface area contributed by atoms with Crippen molar-refractivity contribution < 1.29 is 9.59 Å². The van der Waals surface area contributed by atoms with Gasteiger partial charge < -0.3 is 4.90 Å². The van der Waals surface area contributed by atoms with Gasteiger partial charge in [-0.15, -0.1) is 0 Å². The standard InChI is InChI=1S/C12H15N3O2/c1-2-9-7-15(4-3-11(9)16)12(17)10-5-13-8-14-6-10/h5-6,8-9H,2-4,7H2,1H3. The van der Waals surface area contributed by atoms with Crippen LogP contribution in [-0.2, 0) is 4.79 Å². The fraction of sp³-hybridized carbons (Fsp3) is 0.500. The molecule has 0 saturated carbocycles. The summed E-state index contributed by atoms with van der Waals surface area (Å²) in [5, 5.41) is 0. The van der Waals surface area contributed by atoms with Crippen molar-refractivity contribution in [1.29, 1.82) is 0 Å². The highest BCUT2D eigenvalue weighted by Gasteiger charge is 2.29. The number of nitrogens with zero attached hydrogens (tertiary/aromatic N) is 3. The van der Waals surface area contributed by atoms with E-state index in [0.717, 1.165) is 6.42 Å². The quantitative estimate of drug-likeness (QED) is 0.762. The molecule has 0 N–H and O–H groups in total. The van der Waals surface area contributed by atoms with E-state index in [0.29, 0.717) is 25.1 Å². The van der Waals surface area contributed by atoms with E-state index in [2.05, 4.69) is 9.97 Å². The minimum Gasteiger partial charge on any atom is -0.337 e. The van der Waals surface area contributed by atoms with Crippen molar-refractivity contribution in [3.63, 3.8) is 0 Å². The molecular weight excluding hydrogens is 218 g/mol. The number of amides is 1. The number of aromatic nitrogens is 2. The molecule has 0 aromatic carbocycles. The number of rotatable bonds is 2. The minimum absolute atomic E-state index is 0.0164.